The number of nitrogens with two attached hydrogens (primary N) is 1. The number of fused-ring (bicyclic) bond motifs is 1. The molecular formula is C26H34ClN5O6S. The second-order valence-electron chi connectivity index (χ2n) is 9.79. The van der Waals surface area contributed by atoms with Crippen LogP contribution in [-0.4, -0.2) is 90.5 Å². The number of benzene rings is 2. The molecule has 1 fully saturated rings. The highest BCUT2D eigenvalue weighted by Gasteiger charge is 2.45. The molecule has 2 aromatic carbocycles. The van der Waals surface area contributed by atoms with Crippen LogP contribution in [0.15, 0.2) is 41.3 Å². The van der Waals surface area contributed by atoms with Gasteiger partial charge in [0.25, 0.3) is 0 Å². The monoisotopic (exact) mass is 579 g/mol. The summed E-state index contributed by atoms with van der Waals surface area (Å²) < 4.78 is 28.2. The van der Waals surface area contributed by atoms with Gasteiger partial charge >= 0.3 is 0 Å². The van der Waals surface area contributed by atoms with E-state index in [0.29, 0.717) is 10.4 Å². The highest BCUT2D eigenvalue weighted by atomic mass is 35.5. The summed E-state index contributed by atoms with van der Waals surface area (Å²) in [5, 5.41) is 4.50. The summed E-state index contributed by atoms with van der Waals surface area (Å²) in [5.74, 6) is -2.05. The predicted octanol–water partition coefficient (Wildman–Crippen LogP) is 1.33. The average molecular weight is 580 g/mol. The van der Waals surface area contributed by atoms with Crippen molar-refractivity contribution in [2.45, 2.75) is 57.1 Å². The first-order chi connectivity index (χ1) is 18.2. The number of nitrogens with one attached hydrogen (secondary N) is 1. The van der Waals surface area contributed by atoms with Crippen LogP contribution < -0.4 is 11.1 Å². The molecule has 2 aromatic rings. The van der Waals surface area contributed by atoms with Crippen LogP contribution in [0.2, 0.25) is 5.02 Å². The van der Waals surface area contributed by atoms with Gasteiger partial charge in [-0.05, 0) is 62.2 Å². The van der Waals surface area contributed by atoms with E-state index in [9.17, 15) is 27.6 Å². The zero-order valence-electron chi connectivity index (χ0n) is 22.4. The Bertz CT molecular complexity index is 1380. The molecule has 0 aromatic heterocycles. The van der Waals surface area contributed by atoms with E-state index in [1.807, 2.05) is 13.8 Å². The second kappa shape index (κ2) is 12.3. The molecule has 4 amide bonds. The second-order valence-corrected chi connectivity index (χ2v) is 12.1. The van der Waals surface area contributed by atoms with Crippen molar-refractivity contribution in [3.8, 4) is 0 Å². The molecule has 212 valence electrons. The number of carbonyl (C=O) groups is 4. The number of rotatable bonds is 11. The third-order valence-corrected chi connectivity index (χ3v) is 8.79. The molecule has 2 unspecified atom stereocenters. The van der Waals surface area contributed by atoms with Crippen molar-refractivity contribution < 1.29 is 27.6 Å². The van der Waals surface area contributed by atoms with E-state index in [2.05, 4.69) is 5.32 Å². The Morgan fingerprint density at radius 2 is 1.77 bits per heavy atom. The maximum absolute atomic E-state index is 13.7. The van der Waals surface area contributed by atoms with Crippen molar-refractivity contribution in [2.75, 3.05) is 26.2 Å². The van der Waals surface area contributed by atoms with Crippen molar-refractivity contribution in [3.05, 3.63) is 41.4 Å². The fourth-order valence-electron chi connectivity index (χ4n) is 4.69. The Morgan fingerprint density at radius 3 is 2.38 bits per heavy atom. The Kier molecular flexibility index (Phi) is 9.57. The Morgan fingerprint density at radius 1 is 1.13 bits per heavy atom. The molecule has 1 saturated heterocycles. The number of halogens is 1. The van der Waals surface area contributed by atoms with E-state index in [1.165, 1.54) is 24.0 Å². The maximum Gasteiger partial charge on any atom is 0.245 e. The van der Waals surface area contributed by atoms with Gasteiger partial charge in [0.2, 0.25) is 33.7 Å². The van der Waals surface area contributed by atoms with Crippen LogP contribution in [-0.2, 0) is 29.2 Å². The summed E-state index contributed by atoms with van der Waals surface area (Å²) in [6.45, 7) is 6.55. The van der Waals surface area contributed by atoms with Crippen LogP contribution in [0.25, 0.3) is 10.8 Å². The number of amides is 4. The van der Waals surface area contributed by atoms with Gasteiger partial charge in [0.15, 0.2) is 0 Å². The molecule has 13 heteroatoms. The number of sulfonamides is 1. The molecule has 3 N–H and O–H groups in total. The molecule has 0 spiro atoms. The minimum absolute atomic E-state index is 0.0831. The molecule has 11 nitrogen and oxygen atoms in total. The summed E-state index contributed by atoms with van der Waals surface area (Å²) in [5.41, 5.74) is 5.40. The first kappa shape index (κ1) is 30.3. The highest BCUT2D eigenvalue weighted by molar-refractivity contribution is 7.89. The van der Waals surface area contributed by atoms with Crippen molar-refractivity contribution in [1.82, 2.24) is 19.4 Å². The van der Waals surface area contributed by atoms with Gasteiger partial charge < -0.3 is 20.9 Å². The standard InChI is InChI=1S/C26H34ClN5O6S/c1-16(2)30(12-10-29-18(4)33)25(35)17(3)31-11-9-23(26(31)36)32(15-24(28)34)39(37,38)22-8-6-19-13-21(27)7-5-20(19)14-22/h5-8,13-14,16-17,23H,9-12,15H2,1-4H3,(H2,28,34)(H,29,33). The van der Waals surface area contributed by atoms with Crippen molar-refractivity contribution in [2.24, 2.45) is 5.73 Å². The molecule has 1 aliphatic heterocycles. The summed E-state index contributed by atoms with van der Waals surface area (Å²) >= 11 is 6.03. The van der Waals surface area contributed by atoms with Crippen LogP contribution in [0.3, 0.4) is 0 Å². The van der Waals surface area contributed by atoms with Crippen molar-refractivity contribution >= 4 is 56.0 Å². The highest BCUT2D eigenvalue weighted by Crippen LogP contribution is 2.29. The lowest BCUT2D eigenvalue weighted by Crippen LogP contribution is -2.54. The van der Waals surface area contributed by atoms with Crippen LogP contribution in [0.1, 0.15) is 34.1 Å². The fraction of sp³-hybridized carbons (Fsp3) is 0.462. The normalized spacial score (nSPS) is 16.6. The zero-order valence-corrected chi connectivity index (χ0v) is 24.0. The number of hydrogen-bond acceptors (Lipinski definition) is 6. The van der Waals surface area contributed by atoms with Gasteiger partial charge in [-0.3, -0.25) is 19.2 Å². The molecule has 0 bridgehead atoms. The Labute approximate surface area is 233 Å². The molecule has 0 aliphatic carbocycles. The molecule has 3 rings (SSSR count). The summed E-state index contributed by atoms with van der Waals surface area (Å²) in [6, 6.07) is 7.16. The first-order valence-corrected chi connectivity index (χ1v) is 14.4. The van der Waals surface area contributed by atoms with E-state index in [1.54, 1.807) is 36.1 Å². The molecule has 1 heterocycles. The van der Waals surface area contributed by atoms with E-state index >= 15 is 0 Å². The van der Waals surface area contributed by atoms with E-state index in [4.69, 9.17) is 17.3 Å². The average Bonchev–Trinajstić information content (AvgIpc) is 3.23. The lowest BCUT2D eigenvalue weighted by atomic mass is 10.1. The maximum atomic E-state index is 13.7. The van der Waals surface area contributed by atoms with Crippen LogP contribution in [0, 0.1) is 0 Å². The zero-order chi connectivity index (χ0) is 29.1. The number of primary amides is 1. The molecule has 0 radical (unpaired) electrons. The lowest BCUT2D eigenvalue weighted by molar-refractivity contribution is -0.145. The van der Waals surface area contributed by atoms with Gasteiger partial charge in [0.1, 0.15) is 12.1 Å². The predicted molar refractivity (Wildman–Crippen MR) is 147 cm³/mol. The number of likely N-dealkylation sites (tertiary alicyclic amines) is 1. The van der Waals surface area contributed by atoms with E-state index in [-0.39, 0.29) is 48.8 Å². The van der Waals surface area contributed by atoms with Gasteiger partial charge in [-0.25, -0.2) is 8.42 Å². The molecule has 39 heavy (non-hydrogen) atoms. The summed E-state index contributed by atoms with van der Waals surface area (Å²) in [6.07, 6.45) is 0.0831. The van der Waals surface area contributed by atoms with Gasteiger partial charge in [0.05, 0.1) is 11.4 Å². The van der Waals surface area contributed by atoms with Gasteiger partial charge in [-0.2, -0.15) is 4.31 Å². The minimum atomic E-state index is -4.32. The molecular weight excluding hydrogens is 546 g/mol. The van der Waals surface area contributed by atoms with Crippen LogP contribution in [0.5, 0.6) is 0 Å². The summed E-state index contributed by atoms with van der Waals surface area (Å²) in [4.78, 5) is 52.8. The minimum Gasteiger partial charge on any atom is -0.369 e. The Hall–Kier alpha value is -3.22. The van der Waals surface area contributed by atoms with Gasteiger partial charge in [-0.15, -0.1) is 0 Å². The Balaban J connectivity index is 1.86. The van der Waals surface area contributed by atoms with Gasteiger partial charge in [-0.1, -0.05) is 23.7 Å². The van der Waals surface area contributed by atoms with Crippen molar-refractivity contribution in [3.63, 3.8) is 0 Å². The molecule has 2 atom stereocenters. The number of hydrogen-bond donors (Lipinski definition) is 2. The SMILES string of the molecule is CC(=O)NCCN(C(=O)C(C)N1CCC(N(CC(N)=O)S(=O)(=O)c2ccc3cc(Cl)ccc3c2)C1=O)C(C)C. The lowest BCUT2D eigenvalue weighted by Gasteiger charge is -2.33. The quantitative estimate of drug-likeness (QED) is 0.410. The number of carbonyl (C=O) groups excluding carboxylic acids is 4. The van der Waals surface area contributed by atoms with Gasteiger partial charge in [0, 0.05) is 37.6 Å². The third-order valence-electron chi connectivity index (χ3n) is 6.71. The van der Waals surface area contributed by atoms with E-state index < -0.39 is 40.5 Å². The van der Waals surface area contributed by atoms with Crippen LogP contribution in [0.4, 0.5) is 0 Å². The molecule has 0 saturated carbocycles. The first-order valence-electron chi connectivity index (χ1n) is 12.6. The smallest absolute Gasteiger partial charge is 0.245 e. The third kappa shape index (κ3) is 6.87. The summed E-state index contributed by atoms with van der Waals surface area (Å²) in [7, 11) is -4.32. The number of nitrogens with zero attached hydrogens (tertiary/aromatic N) is 3. The van der Waals surface area contributed by atoms with Crippen LogP contribution >= 0.6 is 11.6 Å². The topological polar surface area (TPSA) is 150 Å². The fourth-order valence-corrected chi connectivity index (χ4v) is 6.49. The largest absolute Gasteiger partial charge is 0.369 e. The van der Waals surface area contributed by atoms with Crippen molar-refractivity contribution in [1.29, 1.82) is 0 Å². The molecule has 1 aliphatic rings. The van der Waals surface area contributed by atoms with E-state index in [0.717, 1.165) is 9.69 Å².